The minimum absolute atomic E-state index is 0.325. The van der Waals surface area contributed by atoms with Gasteiger partial charge in [0, 0.05) is 0 Å². The maximum Gasteiger partial charge on any atom is 0.231 e. The largest absolute Gasteiger partial charge is 0.454 e. The van der Waals surface area contributed by atoms with Gasteiger partial charge in [-0.3, -0.25) is 0 Å². The van der Waals surface area contributed by atoms with Crippen LogP contribution in [0.5, 0.6) is 11.5 Å². The first-order chi connectivity index (χ1) is 8.08. The number of rotatable bonds is 2. The summed E-state index contributed by atoms with van der Waals surface area (Å²) in [5.74, 6) is 1.67. The number of hydrogen-bond donors (Lipinski definition) is 0. The van der Waals surface area contributed by atoms with Gasteiger partial charge in [-0.1, -0.05) is 23.3 Å². The highest BCUT2D eigenvalue weighted by molar-refractivity contribution is 5.78. The van der Waals surface area contributed by atoms with Gasteiger partial charge in [-0.2, -0.15) is 0 Å². The Morgan fingerprint density at radius 2 is 1.76 bits per heavy atom. The second-order valence-electron chi connectivity index (χ2n) is 4.70. The van der Waals surface area contributed by atoms with Crippen molar-refractivity contribution in [2.45, 2.75) is 27.7 Å². The highest BCUT2D eigenvalue weighted by Crippen LogP contribution is 2.35. The smallest absolute Gasteiger partial charge is 0.231 e. The molecule has 0 N–H and O–H groups in total. The standard InChI is InChI=1S/C15H18O2/c1-10(2)7-13(11(3)4)12-5-6-14-15(8-12)17-9-16-14/h5-8H,9H2,1-4H3. The van der Waals surface area contributed by atoms with Crippen molar-refractivity contribution in [3.8, 4) is 11.5 Å². The summed E-state index contributed by atoms with van der Waals surface area (Å²) in [6.07, 6.45) is 2.20. The fourth-order valence-corrected chi connectivity index (χ4v) is 1.87. The zero-order valence-corrected chi connectivity index (χ0v) is 10.8. The molecule has 0 aliphatic carbocycles. The molecule has 2 rings (SSSR count). The van der Waals surface area contributed by atoms with E-state index >= 15 is 0 Å². The van der Waals surface area contributed by atoms with Crippen LogP contribution in [0.25, 0.3) is 5.57 Å². The molecule has 0 radical (unpaired) electrons. The van der Waals surface area contributed by atoms with Crippen molar-refractivity contribution in [1.82, 2.24) is 0 Å². The minimum Gasteiger partial charge on any atom is -0.454 e. The molecule has 1 aromatic rings. The van der Waals surface area contributed by atoms with Crippen LogP contribution in [0.2, 0.25) is 0 Å². The fourth-order valence-electron chi connectivity index (χ4n) is 1.87. The van der Waals surface area contributed by atoms with Crippen molar-refractivity contribution in [1.29, 1.82) is 0 Å². The van der Waals surface area contributed by atoms with Crippen molar-refractivity contribution < 1.29 is 9.47 Å². The van der Waals surface area contributed by atoms with E-state index < -0.39 is 0 Å². The first kappa shape index (κ1) is 11.8. The van der Waals surface area contributed by atoms with Gasteiger partial charge in [-0.25, -0.2) is 0 Å². The number of allylic oxidation sites excluding steroid dienone is 4. The van der Waals surface area contributed by atoms with Crippen LogP contribution in [0, 0.1) is 0 Å². The topological polar surface area (TPSA) is 18.5 Å². The molecule has 1 aromatic carbocycles. The lowest BCUT2D eigenvalue weighted by atomic mass is 9.99. The maximum atomic E-state index is 5.41. The molecular formula is C15H18O2. The summed E-state index contributed by atoms with van der Waals surface area (Å²) in [5, 5.41) is 0. The molecule has 0 saturated heterocycles. The SMILES string of the molecule is CC(C)=CC(=C(C)C)c1ccc2c(c1)OCO2. The van der Waals surface area contributed by atoms with Gasteiger partial charge in [0.1, 0.15) is 0 Å². The van der Waals surface area contributed by atoms with Gasteiger partial charge < -0.3 is 9.47 Å². The molecule has 1 aliphatic rings. The second kappa shape index (κ2) is 4.66. The first-order valence-electron chi connectivity index (χ1n) is 5.80. The average molecular weight is 230 g/mol. The summed E-state index contributed by atoms with van der Waals surface area (Å²) < 4.78 is 10.7. The summed E-state index contributed by atoms with van der Waals surface area (Å²) in [4.78, 5) is 0. The minimum atomic E-state index is 0.325. The Bertz CT molecular complexity index is 488. The molecule has 0 unspecified atom stereocenters. The van der Waals surface area contributed by atoms with Crippen LogP contribution in [0.4, 0.5) is 0 Å². The molecule has 0 fully saturated rings. The van der Waals surface area contributed by atoms with Crippen LogP contribution in [0.1, 0.15) is 33.3 Å². The average Bonchev–Trinajstić information content (AvgIpc) is 2.72. The molecule has 0 saturated carbocycles. The van der Waals surface area contributed by atoms with Gasteiger partial charge in [-0.05, 0) is 51.0 Å². The van der Waals surface area contributed by atoms with Gasteiger partial charge in [0.05, 0.1) is 0 Å². The van der Waals surface area contributed by atoms with E-state index in [1.54, 1.807) is 0 Å². The van der Waals surface area contributed by atoms with Crippen LogP contribution in [0.3, 0.4) is 0 Å². The van der Waals surface area contributed by atoms with E-state index in [4.69, 9.17) is 9.47 Å². The molecule has 17 heavy (non-hydrogen) atoms. The van der Waals surface area contributed by atoms with Crippen LogP contribution in [0.15, 0.2) is 35.4 Å². The normalized spacial score (nSPS) is 12.2. The Kier molecular flexibility index (Phi) is 3.23. The zero-order valence-electron chi connectivity index (χ0n) is 10.8. The van der Waals surface area contributed by atoms with E-state index in [1.165, 1.54) is 22.3 Å². The lowest BCUT2D eigenvalue weighted by Crippen LogP contribution is -1.93. The quantitative estimate of drug-likeness (QED) is 0.710. The van der Waals surface area contributed by atoms with Crippen molar-refractivity contribution in [3.05, 3.63) is 41.0 Å². The lowest BCUT2D eigenvalue weighted by Gasteiger charge is -2.08. The molecule has 0 aromatic heterocycles. The highest BCUT2D eigenvalue weighted by Gasteiger charge is 2.14. The van der Waals surface area contributed by atoms with Gasteiger partial charge in [0.15, 0.2) is 11.5 Å². The van der Waals surface area contributed by atoms with Crippen molar-refractivity contribution in [2.75, 3.05) is 6.79 Å². The van der Waals surface area contributed by atoms with E-state index in [1.807, 2.05) is 12.1 Å². The molecule has 0 atom stereocenters. The molecule has 0 spiro atoms. The molecule has 90 valence electrons. The number of benzene rings is 1. The Labute approximate surface area is 103 Å². The number of ether oxygens (including phenoxy) is 2. The summed E-state index contributed by atoms with van der Waals surface area (Å²) >= 11 is 0. The van der Waals surface area contributed by atoms with Crippen LogP contribution in [-0.2, 0) is 0 Å². The van der Waals surface area contributed by atoms with Crippen LogP contribution >= 0.6 is 0 Å². The summed E-state index contributed by atoms with van der Waals surface area (Å²) in [7, 11) is 0. The van der Waals surface area contributed by atoms with Crippen molar-refractivity contribution in [2.24, 2.45) is 0 Å². The van der Waals surface area contributed by atoms with E-state index in [0.717, 1.165) is 11.5 Å². The van der Waals surface area contributed by atoms with Gasteiger partial charge >= 0.3 is 0 Å². The van der Waals surface area contributed by atoms with Gasteiger partial charge in [-0.15, -0.1) is 0 Å². The van der Waals surface area contributed by atoms with E-state index in [-0.39, 0.29) is 0 Å². The zero-order chi connectivity index (χ0) is 12.4. The van der Waals surface area contributed by atoms with Crippen molar-refractivity contribution in [3.63, 3.8) is 0 Å². The Hall–Kier alpha value is -1.70. The van der Waals surface area contributed by atoms with Gasteiger partial charge in [0.25, 0.3) is 0 Å². The third kappa shape index (κ3) is 2.52. The molecular weight excluding hydrogens is 212 g/mol. The Morgan fingerprint density at radius 3 is 2.41 bits per heavy atom. The molecule has 2 heteroatoms. The second-order valence-corrected chi connectivity index (χ2v) is 4.70. The third-order valence-electron chi connectivity index (χ3n) is 2.66. The van der Waals surface area contributed by atoms with Crippen LogP contribution < -0.4 is 9.47 Å². The predicted molar refractivity (Wildman–Crippen MR) is 70.3 cm³/mol. The van der Waals surface area contributed by atoms with E-state index in [2.05, 4.69) is 39.8 Å². The van der Waals surface area contributed by atoms with Crippen molar-refractivity contribution >= 4 is 5.57 Å². The monoisotopic (exact) mass is 230 g/mol. The molecule has 1 aliphatic heterocycles. The molecule has 1 heterocycles. The Balaban J connectivity index is 2.45. The molecule has 0 amide bonds. The van der Waals surface area contributed by atoms with E-state index in [9.17, 15) is 0 Å². The lowest BCUT2D eigenvalue weighted by molar-refractivity contribution is 0.174. The highest BCUT2D eigenvalue weighted by atomic mass is 16.7. The summed E-state index contributed by atoms with van der Waals surface area (Å²) in [6.45, 7) is 8.79. The van der Waals surface area contributed by atoms with Gasteiger partial charge in [0.2, 0.25) is 6.79 Å². The number of hydrogen-bond acceptors (Lipinski definition) is 2. The molecule has 2 nitrogen and oxygen atoms in total. The maximum absolute atomic E-state index is 5.41. The summed E-state index contributed by atoms with van der Waals surface area (Å²) in [6, 6.07) is 6.10. The van der Waals surface area contributed by atoms with Crippen LogP contribution in [-0.4, -0.2) is 6.79 Å². The number of fused-ring (bicyclic) bond motifs is 1. The third-order valence-corrected chi connectivity index (χ3v) is 2.66. The fraction of sp³-hybridized carbons (Fsp3) is 0.333. The predicted octanol–water partition coefficient (Wildman–Crippen LogP) is 4.17. The summed E-state index contributed by atoms with van der Waals surface area (Å²) in [5.41, 5.74) is 5.02. The first-order valence-corrected chi connectivity index (χ1v) is 5.80. The molecule has 0 bridgehead atoms. The Morgan fingerprint density at radius 1 is 1.06 bits per heavy atom. The van der Waals surface area contributed by atoms with E-state index in [0.29, 0.717) is 6.79 Å².